The van der Waals surface area contributed by atoms with Crippen LogP contribution in [0.2, 0.25) is 0 Å². The van der Waals surface area contributed by atoms with Crippen LogP contribution >= 0.6 is 37.4 Å². The van der Waals surface area contributed by atoms with Crippen molar-refractivity contribution in [3.8, 4) is 0 Å². The van der Waals surface area contributed by atoms with Gasteiger partial charge in [0, 0.05) is 0 Å². The van der Waals surface area contributed by atoms with E-state index in [0.717, 1.165) is 25.7 Å². The molecule has 0 saturated carbocycles. The minimum atomic E-state index is -3.33. The second-order valence-electron chi connectivity index (χ2n) is 7.74. The summed E-state index contributed by atoms with van der Waals surface area (Å²) in [7, 11) is 0. The Balaban J connectivity index is 3.70. The Kier molecular flexibility index (Phi) is 21.9. The van der Waals surface area contributed by atoms with Crippen molar-refractivity contribution in [2.45, 2.75) is 129 Å². The topological polar surface area (TPSA) is 52.6 Å². The van der Waals surface area contributed by atoms with Crippen LogP contribution in [0.25, 0.3) is 0 Å². The van der Waals surface area contributed by atoms with E-state index in [1.807, 2.05) is 0 Å². The standard InChI is InChI=1S/C22H42I2O4Te/c1-3-5-7-9-11-13-15-17-19-21(25)27-29(23,24)28-22(26)20-18-16-14-12-10-8-6-4-2/h3-20H2,1-2H3. The van der Waals surface area contributed by atoms with E-state index in [2.05, 4.69) is 51.2 Å². The Labute approximate surface area is 203 Å². The fraction of sp³-hybridized carbons (Fsp3) is 0.909. The van der Waals surface area contributed by atoms with E-state index in [1.54, 1.807) is 0 Å². The molecule has 0 spiro atoms. The molecule has 0 saturated heterocycles. The summed E-state index contributed by atoms with van der Waals surface area (Å²) < 4.78 is 11.1. The first-order chi connectivity index (χ1) is 13.9. The van der Waals surface area contributed by atoms with Gasteiger partial charge in [-0.1, -0.05) is 0 Å². The SMILES string of the molecule is CCCCCCCCCCC(=O)O[Te](I)(I)OC(=O)CCCCCCCCCC. The van der Waals surface area contributed by atoms with Crippen LogP contribution in [-0.2, 0) is 15.8 Å². The first kappa shape index (κ1) is 30.2. The third kappa shape index (κ3) is 22.2. The third-order valence-corrected chi connectivity index (χ3v) is 11.8. The fourth-order valence-corrected chi connectivity index (χ4v) is 10.3. The minimum absolute atomic E-state index is 0.208. The van der Waals surface area contributed by atoms with Gasteiger partial charge in [-0.2, -0.15) is 0 Å². The van der Waals surface area contributed by atoms with E-state index < -0.39 is 11.1 Å². The summed E-state index contributed by atoms with van der Waals surface area (Å²) in [5, 5.41) is 0. The molecule has 0 fully saturated rings. The van der Waals surface area contributed by atoms with Gasteiger partial charge in [-0.25, -0.2) is 0 Å². The maximum absolute atomic E-state index is 12.0. The van der Waals surface area contributed by atoms with Gasteiger partial charge in [0.2, 0.25) is 0 Å². The molecule has 0 aromatic carbocycles. The predicted octanol–water partition coefficient (Wildman–Crippen LogP) is 8.44. The molecule has 0 atom stereocenters. The summed E-state index contributed by atoms with van der Waals surface area (Å²) in [6.45, 7) is 4.45. The van der Waals surface area contributed by atoms with Crippen molar-refractivity contribution >= 4 is 60.4 Å². The maximum atomic E-state index is 12.0. The van der Waals surface area contributed by atoms with Crippen LogP contribution in [0.1, 0.15) is 129 Å². The Morgan fingerprint density at radius 3 is 1.14 bits per heavy atom. The number of rotatable bonds is 20. The second-order valence-corrected chi connectivity index (χ2v) is 37.7. The van der Waals surface area contributed by atoms with Crippen LogP contribution < -0.4 is 0 Å². The zero-order chi connectivity index (χ0) is 21.8. The van der Waals surface area contributed by atoms with Gasteiger partial charge < -0.3 is 0 Å². The third-order valence-electron chi connectivity index (χ3n) is 4.85. The van der Waals surface area contributed by atoms with Crippen molar-refractivity contribution in [3.05, 3.63) is 0 Å². The van der Waals surface area contributed by atoms with Gasteiger partial charge in [0.15, 0.2) is 0 Å². The van der Waals surface area contributed by atoms with Crippen molar-refractivity contribution in [2.75, 3.05) is 0 Å². The predicted molar refractivity (Wildman–Crippen MR) is 140 cm³/mol. The Morgan fingerprint density at radius 2 is 0.828 bits per heavy atom. The summed E-state index contributed by atoms with van der Waals surface area (Å²) in [5.41, 5.74) is 0. The summed E-state index contributed by atoms with van der Waals surface area (Å²) in [4.78, 5) is 24.1. The molecule has 0 bridgehead atoms. The molecule has 0 heterocycles. The summed E-state index contributed by atoms with van der Waals surface area (Å²) in [5.74, 6) is -0.415. The van der Waals surface area contributed by atoms with E-state index in [-0.39, 0.29) is 11.9 Å². The van der Waals surface area contributed by atoms with Crippen LogP contribution in [0.15, 0.2) is 0 Å². The zero-order valence-electron chi connectivity index (χ0n) is 18.5. The number of carbonyl (C=O) groups is 2. The van der Waals surface area contributed by atoms with E-state index >= 15 is 0 Å². The van der Waals surface area contributed by atoms with Crippen molar-refractivity contribution in [3.63, 3.8) is 0 Å². The van der Waals surface area contributed by atoms with E-state index in [9.17, 15) is 9.59 Å². The van der Waals surface area contributed by atoms with Gasteiger partial charge in [0.25, 0.3) is 0 Å². The molecule has 0 aromatic heterocycles. The number of hydrogen-bond acceptors (Lipinski definition) is 4. The van der Waals surface area contributed by atoms with E-state index in [1.165, 1.54) is 77.0 Å². The summed E-state index contributed by atoms with van der Waals surface area (Å²) >= 11 is 0.807. The molecule has 0 N–H and O–H groups in total. The van der Waals surface area contributed by atoms with E-state index in [0.29, 0.717) is 12.8 Å². The molecule has 0 unspecified atom stereocenters. The molecular formula is C22H42I2O4Te. The molecule has 0 radical (unpaired) electrons. The first-order valence-electron chi connectivity index (χ1n) is 11.6. The van der Waals surface area contributed by atoms with Gasteiger partial charge >= 0.3 is 206 Å². The quantitative estimate of drug-likeness (QED) is 0.0713. The van der Waals surface area contributed by atoms with Gasteiger partial charge in [-0.15, -0.1) is 0 Å². The van der Waals surface area contributed by atoms with Gasteiger partial charge in [0.05, 0.1) is 0 Å². The molecular weight excluding hydrogens is 710 g/mol. The molecule has 0 aromatic rings. The molecule has 4 nitrogen and oxygen atoms in total. The second kappa shape index (κ2) is 21.1. The molecule has 0 rings (SSSR count). The molecule has 0 aliphatic carbocycles. The van der Waals surface area contributed by atoms with E-state index in [4.69, 9.17) is 6.20 Å². The van der Waals surface area contributed by atoms with Gasteiger partial charge in [-0.3, -0.25) is 0 Å². The summed E-state index contributed by atoms with van der Waals surface area (Å²) in [6.07, 6.45) is 20.1. The molecule has 174 valence electrons. The Bertz CT molecular complexity index is 384. The first-order valence-corrected chi connectivity index (χ1v) is 27.1. The van der Waals surface area contributed by atoms with Gasteiger partial charge in [-0.05, 0) is 0 Å². The average molecular weight is 752 g/mol. The Hall–Kier alpha value is 1.19. The molecule has 0 aliphatic rings. The molecule has 7 heteroatoms. The number of carbonyl (C=O) groups excluding carboxylic acids is 2. The summed E-state index contributed by atoms with van der Waals surface area (Å²) in [6, 6.07) is 0. The number of hydrogen-bond donors (Lipinski definition) is 0. The normalized spacial score (nSPS) is 12.0. The Morgan fingerprint density at radius 1 is 0.552 bits per heavy atom. The molecule has 0 aliphatic heterocycles. The molecule has 29 heavy (non-hydrogen) atoms. The van der Waals surface area contributed by atoms with Crippen LogP contribution in [0.5, 0.6) is 0 Å². The van der Waals surface area contributed by atoms with Crippen LogP contribution in [0.3, 0.4) is 0 Å². The van der Waals surface area contributed by atoms with Crippen LogP contribution in [-0.4, -0.2) is 23.1 Å². The van der Waals surface area contributed by atoms with Crippen molar-refractivity contribution in [1.29, 1.82) is 0 Å². The zero-order valence-corrected chi connectivity index (χ0v) is 25.2. The van der Waals surface area contributed by atoms with Crippen LogP contribution in [0.4, 0.5) is 0 Å². The van der Waals surface area contributed by atoms with Crippen molar-refractivity contribution in [1.82, 2.24) is 0 Å². The van der Waals surface area contributed by atoms with Crippen molar-refractivity contribution < 1.29 is 15.8 Å². The average Bonchev–Trinajstić information content (AvgIpc) is 2.65. The van der Waals surface area contributed by atoms with Crippen molar-refractivity contribution in [2.24, 2.45) is 0 Å². The number of unbranched alkanes of at least 4 members (excludes halogenated alkanes) is 14. The van der Waals surface area contributed by atoms with Crippen LogP contribution in [0, 0.1) is 0 Å². The fourth-order valence-electron chi connectivity index (χ4n) is 3.12. The number of halogens is 2. The monoisotopic (exact) mass is 754 g/mol. The van der Waals surface area contributed by atoms with Gasteiger partial charge in [0.1, 0.15) is 0 Å². The molecule has 0 amide bonds.